The van der Waals surface area contributed by atoms with Gasteiger partial charge < -0.3 is 16.0 Å². The maximum atomic E-state index is 12.7. The number of carbonyl (C=O) groups excluding carboxylic acids is 1. The predicted molar refractivity (Wildman–Crippen MR) is 104 cm³/mol. The van der Waals surface area contributed by atoms with Crippen LogP contribution in [0.3, 0.4) is 0 Å². The second-order valence-electron chi connectivity index (χ2n) is 7.86. The van der Waals surface area contributed by atoms with Gasteiger partial charge in [-0.1, -0.05) is 12.1 Å². The molecule has 3 aliphatic heterocycles. The number of anilines is 2. The van der Waals surface area contributed by atoms with Crippen molar-refractivity contribution in [2.24, 2.45) is 0 Å². The number of aryl methyl sites for hydroxylation is 1. The summed E-state index contributed by atoms with van der Waals surface area (Å²) >= 11 is 0. The van der Waals surface area contributed by atoms with Crippen molar-refractivity contribution >= 4 is 17.3 Å². The number of nitrogens with zero attached hydrogens (tertiary/aromatic N) is 3. The average Bonchev–Trinajstić information content (AvgIpc) is 2.93. The van der Waals surface area contributed by atoms with E-state index in [1.807, 2.05) is 24.3 Å². The summed E-state index contributed by atoms with van der Waals surface area (Å²) in [6.45, 7) is 5.60. The molecule has 27 heavy (non-hydrogen) atoms. The third kappa shape index (κ3) is 3.11. The van der Waals surface area contributed by atoms with Gasteiger partial charge in [0.2, 0.25) is 5.91 Å². The highest BCUT2D eigenvalue weighted by molar-refractivity contribution is 6.06. The van der Waals surface area contributed by atoms with Crippen LogP contribution in [0.5, 0.6) is 0 Å². The van der Waals surface area contributed by atoms with E-state index in [1.54, 1.807) is 0 Å². The van der Waals surface area contributed by atoms with Crippen molar-refractivity contribution in [2.45, 2.75) is 44.4 Å². The Balaban J connectivity index is 1.25. The lowest BCUT2D eigenvalue weighted by Gasteiger charge is -2.44. The number of nitrogens with one attached hydrogen (secondary N) is 3. The number of amides is 1. The molecule has 1 aromatic carbocycles. The quantitative estimate of drug-likeness (QED) is 0.755. The van der Waals surface area contributed by atoms with Crippen molar-refractivity contribution in [1.29, 1.82) is 0 Å². The number of hydrogen-bond donors (Lipinski definition) is 3. The van der Waals surface area contributed by atoms with Crippen LogP contribution in [-0.4, -0.2) is 45.8 Å². The van der Waals surface area contributed by atoms with Crippen molar-refractivity contribution < 1.29 is 4.79 Å². The number of benzene rings is 1. The van der Waals surface area contributed by atoms with E-state index >= 15 is 0 Å². The van der Waals surface area contributed by atoms with Crippen molar-refractivity contribution in [3.05, 3.63) is 41.7 Å². The summed E-state index contributed by atoms with van der Waals surface area (Å²) in [5.41, 5.74) is 3.83. The lowest BCUT2D eigenvalue weighted by atomic mass is 9.84. The smallest absolute Gasteiger partial charge is 0.250 e. The minimum Gasteiger partial charge on any atom is -0.369 e. The number of carbonyl (C=O) groups is 1. The van der Waals surface area contributed by atoms with Crippen LogP contribution in [0.4, 0.5) is 11.4 Å². The molecule has 1 aromatic heterocycles. The highest BCUT2D eigenvalue weighted by atomic mass is 16.2. The Morgan fingerprint density at radius 1 is 1.11 bits per heavy atom. The fourth-order valence-corrected chi connectivity index (χ4v) is 4.43. The molecule has 1 amide bonds. The van der Waals surface area contributed by atoms with Crippen LogP contribution in [0.1, 0.15) is 30.7 Å². The fraction of sp³-hybridized carbons (Fsp3) is 0.500. The van der Waals surface area contributed by atoms with E-state index in [4.69, 9.17) is 5.10 Å². The summed E-state index contributed by atoms with van der Waals surface area (Å²) in [5.74, 6) is 0.0978. The molecule has 3 aliphatic rings. The minimum absolute atomic E-state index is 0.0978. The normalized spacial score (nSPS) is 21.7. The van der Waals surface area contributed by atoms with Gasteiger partial charge in [-0.05, 0) is 44.0 Å². The molecule has 0 saturated carbocycles. The van der Waals surface area contributed by atoms with Gasteiger partial charge >= 0.3 is 0 Å². The van der Waals surface area contributed by atoms with Crippen LogP contribution in [0.15, 0.2) is 30.3 Å². The predicted octanol–water partition coefficient (Wildman–Crippen LogP) is 1.78. The van der Waals surface area contributed by atoms with E-state index in [0.717, 1.165) is 75.6 Å². The van der Waals surface area contributed by atoms with Crippen molar-refractivity contribution in [2.75, 3.05) is 30.3 Å². The summed E-state index contributed by atoms with van der Waals surface area (Å²) in [6, 6.07) is 10.2. The van der Waals surface area contributed by atoms with Crippen LogP contribution >= 0.6 is 0 Å². The van der Waals surface area contributed by atoms with Crippen LogP contribution in [0.2, 0.25) is 0 Å². The number of aromatic nitrogens is 2. The fourth-order valence-electron chi connectivity index (χ4n) is 4.43. The molecule has 5 rings (SSSR count). The Morgan fingerprint density at radius 2 is 1.93 bits per heavy atom. The monoisotopic (exact) mass is 366 g/mol. The molecule has 0 atom stereocenters. The lowest BCUT2D eigenvalue weighted by Crippen LogP contribution is -2.58. The molecule has 1 fully saturated rings. The van der Waals surface area contributed by atoms with Gasteiger partial charge in [0, 0.05) is 32.7 Å². The summed E-state index contributed by atoms with van der Waals surface area (Å²) in [5, 5.41) is 14.8. The zero-order chi connectivity index (χ0) is 18.3. The van der Waals surface area contributed by atoms with E-state index in [2.05, 4.69) is 31.6 Å². The van der Waals surface area contributed by atoms with Crippen molar-refractivity contribution in [3.8, 4) is 0 Å². The molecule has 142 valence electrons. The summed E-state index contributed by atoms with van der Waals surface area (Å²) in [7, 11) is 0. The molecule has 0 bridgehead atoms. The highest BCUT2D eigenvalue weighted by Gasteiger charge is 2.44. The molecule has 1 spiro atoms. The summed E-state index contributed by atoms with van der Waals surface area (Å²) in [4.78, 5) is 15.2. The molecule has 2 aromatic rings. The molecule has 3 N–H and O–H groups in total. The molecule has 0 radical (unpaired) electrons. The number of fused-ring (bicyclic) bond motifs is 2. The Hall–Kier alpha value is -2.38. The maximum absolute atomic E-state index is 12.7. The molecule has 1 saturated heterocycles. The summed E-state index contributed by atoms with van der Waals surface area (Å²) < 4.78 is 2.15. The summed E-state index contributed by atoms with van der Waals surface area (Å²) in [6.07, 6.45) is 2.74. The SMILES string of the molecule is O=C1Nc2ccccc2NC12CCN(Cc1cc3n(n1)CCCNC3)CC2. The van der Waals surface area contributed by atoms with E-state index in [-0.39, 0.29) is 5.91 Å². The van der Waals surface area contributed by atoms with Gasteiger partial charge in [0.05, 0.1) is 22.8 Å². The van der Waals surface area contributed by atoms with E-state index in [0.29, 0.717) is 0 Å². The second kappa shape index (κ2) is 6.65. The molecule has 4 heterocycles. The first-order valence-corrected chi connectivity index (χ1v) is 9.89. The van der Waals surface area contributed by atoms with Gasteiger partial charge in [0.1, 0.15) is 5.54 Å². The number of para-hydroxylation sites is 2. The Bertz CT molecular complexity index is 828. The minimum atomic E-state index is -0.486. The number of likely N-dealkylation sites (tertiary alicyclic amines) is 1. The van der Waals surface area contributed by atoms with Gasteiger partial charge in [-0.3, -0.25) is 14.4 Å². The molecule has 7 heteroatoms. The lowest BCUT2D eigenvalue weighted by molar-refractivity contribution is -0.122. The number of rotatable bonds is 2. The molecule has 0 aliphatic carbocycles. The number of piperidine rings is 1. The first-order valence-electron chi connectivity index (χ1n) is 9.89. The van der Waals surface area contributed by atoms with Gasteiger partial charge in [0.15, 0.2) is 0 Å². The Kier molecular flexibility index (Phi) is 4.13. The van der Waals surface area contributed by atoms with Gasteiger partial charge in [0.25, 0.3) is 0 Å². The van der Waals surface area contributed by atoms with E-state index in [9.17, 15) is 4.79 Å². The topological polar surface area (TPSA) is 74.2 Å². The third-order valence-corrected chi connectivity index (χ3v) is 6.02. The molecular formula is C20H26N6O. The van der Waals surface area contributed by atoms with Crippen LogP contribution < -0.4 is 16.0 Å². The maximum Gasteiger partial charge on any atom is 0.250 e. The van der Waals surface area contributed by atoms with Crippen LogP contribution in [-0.2, 0) is 24.4 Å². The van der Waals surface area contributed by atoms with Crippen LogP contribution in [0, 0.1) is 0 Å². The standard InChI is InChI=1S/C20H26N6O/c27-19-20(23-18-5-2-1-4-17(18)22-19)6-10-25(11-7-20)14-15-12-16-13-21-8-3-9-26(16)24-15/h1-2,4-5,12,21,23H,3,6-11,13-14H2,(H,22,27). The van der Waals surface area contributed by atoms with Crippen molar-refractivity contribution in [1.82, 2.24) is 20.0 Å². The largest absolute Gasteiger partial charge is 0.369 e. The zero-order valence-electron chi connectivity index (χ0n) is 15.5. The third-order valence-electron chi connectivity index (χ3n) is 6.02. The molecule has 0 unspecified atom stereocenters. The molecular weight excluding hydrogens is 340 g/mol. The average molecular weight is 366 g/mol. The van der Waals surface area contributed by atoms with E-state index < -0.39 is 5.54 Å². The van der Waals surface area contributed by atoms with Gasteiger partial charge in [-0.2, -0.15) is 5.10 Å². The van der Waals surface area contributed by atoms with Crippen molar-refractivity contribution in [3.63, 3.8) is 0 Å². The first kappa shape index (κ1) is 16.8. The first-order chi connectivity index (χ1) is 13.2. The Morgan fingerprint density at radius 3 is 2.78 bits per heavy atom. The second-order valence-corrected chi connectivity index (χ2v) is 7.86. The Labute approximate surface area is 159 Å². The van der Waals surface area contributed by atoms with Gasteiger partial charge in [-0.25, -0.2) is 0 Å². The molecule has 7 nitrogen and oxygen atoms in total. The zero-order valence-corrected chi connectivity index (χ0v) is 15.5. The van der Waals surface area contributed by atoms with Crippen LogP contribution in [0.25, 0.3) is 0 Å². The van der Waals surface area contributed by atoms with Gasteiger partial charge in [-0.15, -0.1) is 0 Å². The number of hydrogen-bond acceptors (Lipinski definition) is 5. The highest BCUT2D eigenvalue weighted by Crippen LogP contribution is 2.36. The van der Waals surface area contributed by atoms with E-state index in [1.165, 1.54) is 5.69 Å².